The van der Waals surface area contributed by atoms with Gasteiger partial charge in [0.15, 0.2) is 10.9 Å². The van der Waals surface area contributed by atoms with Gasteiger partial charge >= 0.3 is 0 Å². The molecule has 7 heteroatoms. The van der Waals surface area contributed by atoms with E-state index in [4.69, 9.17) is 4.74 Å². The number of halogens is 1. The molecule has 0 unspecified atom stereocenters. The third-order valence-corrected chi connectivity index (χ3v) is 5.58. The van der Waals surface area contributed by atoms with Crippen LogP contribution < -0.4 is 4.74 Å². The van der Waals surface area contributed by atoms with Gasteiger partial charge in [-0.05, 0) is 39.7 Å². The highest BCUT2D eigenvalue weighted by atomic mass is 79.9. The summed E-state index contributed by atoms with van der Waals surface area (Å²) < 4.78 is 7.89. The van der Waals surface area contributed by atoms with Crippen LogP contribution >= 0.6 is 27.7 Å². The lowest BCUT2D eigenvalue weighted by Crippen LogP contribution is -2.05. The lowest BCUT2D eigenvalue weighted by atomic mass is 10.1. The molecule has 0 aliphatic carbocycles. The maximum absolute atomic E-state index is 12.4. The number of benzene rings is 2. The number of methoxy groups -OCH3 is 1. The zero-order valence-corrected chi connectivity index (χ0v) is 16.9. The first-order valence-corrected chi connectivity index (χ1v) is 9.78. The molecule has 0 N–H and O–H groups in total. The van der Waals surface area contributed by atoms with Crippen molar-refractivity contribution in [1.29, 1.82) is 0 Å². The van der Waals surface area contributed by atoms with Crippen molar-refractivity contribution in [3.05, 3.63) is 70.0 Å². The van der Waals surface area contributed by atoms with E-state index in [0.29, 0.717) is 23.5 Å². The van der Waals surface area contributed by atoms with Crippen molar-refractivity contribution in [2.24, 2.45) is 7.05 Å². The monoisotopic (exact) mass is 431 g/mol. The molecule has 0 atom stereocenters. The van der Waals surface area contributed by atoms with E-state index >= 15 is 0 Å². The smallest absolute Gasteiger partial charge is 0.191 e. The Kier molecular flexibility index (Phi) is 6.11. The molecular weight excluding hydrogens is 414 g/mol. The Bertz CT molecular complexity index is 912. The van der Waals surface area contributed by atoms with Gasteiger partial charge in [0.05, 0.1) is 17.3 Å². The molecule has 26 heavy (non-hydrogen) atoms. The van der Waals surface area contributed by atoms with Gasteiger partial charge < -0.3 is 9.30 Å². The number of ether oxygens (including phenoxy) is 1. The number of aromatic nitrogens is 3. The number of rotatable bonds is 7. The van der Waals surface area contributed by atoms with E-state index in [1.807, 2.05) is 29.8 Å². The van der Waals surface area contributed by atoms with Crippen LogP contribution in [0.3, 0.4) is 0 Å². The van der Waals surface area contributed by atoms with Crippen LogP contribution in [0, 0.1) is 0 Å². The van der Waals surface area contributed by atoms with Gasteiger partial charge in [-0.3, -0.25) is 4.79 Å². The van der Waals surface area contributed by atoms with E-state index < -0.39 is 0 Å². The topological polar surface area (TPSA) is 57.0 Å². The maximum atomic E-state index is 12.4. The van der Waals surface area contributed by atoms with Crippen LogP contribution in [-0.4, -0.2) is 33.4 Å². The molecule has 0 saturated carbocycles. The third-order valence-electron chi connectivity index (χ3n) is 3.94. The van der Waals surface area contributed by atoms with Crippen LogP contribution in [0.5, 0.6) is 5.75 Å². The van der Waals surface area contributed by atoms with E-state index in [0.717, 1.165) is 15.5 Å². The van der Waals surface area contributed by atoms with Gasteiger partial charge in [0.1, 0.15) is 11.6 Å². The lowest BCUT2D eigenvalue weighted by molar-refractivity contribution is 0.102. The molecule has 0 amide bonds. The molecule has 0 saturated heterocycles. The molecule has 2 aromatic carbocycles. The van der Waals surface area contributed by atoms with Crippen LogP contribution in [0.2, 0.25) is 0 Å². The van der Waals surface area contributed by atoms with E-state index in [1.54, 1.807) is 25.3 Å². The van der Waals surface area contributed by atoms with Crippen molar-refractivity contribution in [3.8, 4) is 5.75 Å². The molecule has 0 radical (unpaired) electrons. The Balaban J connectivity index is 1.64. The molecule has 5 nitrogen and oxygen atoms in total. The Morgan fingerprint density at radius 1 is 1.19 bits per heavy atom. The molecule has 0 fully saturated rings. The standard InChI is InChI=1S/C19H18BrN3O2S/c1-23-18(10-13-6-4-3-5-7-13)21-22-19(23)26-12-16(24)14-8-9-17(25-2)15(20)11-14/h3-9,11H,10,12H2,1-2H3. The van der Waals surface area contributed by atoms with Crippen LogP contribution in [0.4, 0.5) is 0 Å². The second kappa shape index (κ2) is 8.51. The molecule has 134 valence electrons. The highest BCUT2D eigenvalue weighted by Crippen LogP contribution is 2.26. The summed E-state index contributed by atoms with van der Waals surface area (Å²) in [5.74, 6) is 1.91. The summed E-state index contributed by atoms with van der Waals surface area (Å²) in [6, 6.07) is 15.5. The Morgan fingerprint density at radius 3 is 2.65 bits per heavy atom. The summed E-state index contributed by atoms with van der Waals surface area (Å²) in [6.45, 7) is 0. The normalized spacial score (nSPS) is 10.7. The molecule has 1 aromatic heterocycles. The van der Waals surface area contributed by atoms with Crippen molar-refractivity contribution in [1.82, 2.24) is 14.8 Å². The number of hydrogen-bond acceptors (Lipinski definition) is 5. The van der Waals surface area contributed by atoms with Crippen LogP contribution in [0.25, 0.3) is 0 Å². The van der Waals surface area contributed by atoms with Crippen LogP contribution in [0.1, 0.15) is 21.7 Å². The van der Waals surface area contributed by atoms with Gasteiger partial charge in [0.25, 0.3) is 0 Å². The van der Waals surface area contributed by atoms with E-state index in [1.165, 1.54) is 17.3 Å². The number of nitrogens with zero attached hydrogens (tertiary/aromatic N) is 3. The van der Waals surface area contributed by atoms with Gasteiger partial charge in [0, 0.05) is 19.0 Å². The highest BCUT2D eigenvalue weighted by Gasteiger charge is 2.14. The van der Waals surface area contributed by atoms with E-state index in [9.17, 15) is 4.79 Å². The molecule has 0 bridgehead atoms. The number of hydrogen-bond donors (Lipinski definition) is 0. The maximum Gasteiger partial charge on any atom is 0.191 e. The van der Waals surface area contributed by atoms with Gasteiger partial charge in [-0.2, -0.15) is 0 Å². The Morgan fingerprint density at radius 2 is 1.96 bits per heavy atom. The largest absolute Gasteiger partial charge is 0.496 e. The third kappa shape index (κ3) is 4.34. The van der Waals surface area contributed by atoms with Crippen molar-refractivity contribution in [2.45, 2.75) is 11.6 Å². The second-order valence-corrected chi connectivity index (χ2v) is 7.48. The number of carbonyl (C=O) groups excluding carboxylic acids is 1. The molecule has 0 aliphatic heterocycles. The van der Waals surface area contributed by atoms with Crippen molar-refractivity contribution in [2.75, 3.05) is 12.9 Å². The number of thioether (sulfide) groups is 1. The minimum Gasteiger partial charge on any atom is -0.496 e. The Hall–Kier alpha value is -2.12. The summed E-state index contributed by atoms with van der Waals surface area (Å²) in [5, 5.41) is 9.21. The van der Waals surface area contributed by atoms with Gasteiger partial charge in [-0.15, -0.1) is 10.2 Å². The summed E-state index contributed by atoms with van der Waals surface area (Å²) in [5.41, 5.74) is 1.82. The minimum atomic E-state index is 0.0333. The summed E-state index contributed by atoms with van der Waals surface area (Å²) in [7, 11) is 3.52. The average Bonchev–Trinajstić information content (AvgIpc) is 3.00. The number of Topliss-reactive ketones (excluding diaryl/α,β-unsaturated/α-hetero) is 1. The van der Waals surface area contributed by atoms with Crippen LogP contribution in [-0.2, 0) is 13.5 Å². The van der Waals surface area contributed by atoms with Crippen LogP contribution in [0.15, 0.2) is 58.2 Å². The Labute approximate surface area is 164 Å². The first-order chi connectivity index (χ1) is 12.6. The number of ketones is 1. The SMILES string of the molecule is COc1ccc(C(=O)CSc2nnc(Cc3ccccc3)n2C)cc1Br. The highest BCUT2D eigenvalue weighted by molar-refractivity contribution is 9.10. The summed E-state index contributed by atoms with van der Waals surface area (Å²) in [6.07, 6.45) is 0.713. The average molecular weight is 432 g/mol. The first kappa shape index (κ1) is 18.7. The van der Waals surface area contributed by atoms with Gasteiger partial charge in [-0.1, -0.05) is 42.1 Å². The summed E-state index contributed by atoms with van der Waals surface area (Å²) >= 11 is 4.80. The first-order valence-electron chi connectivity index (χ1n) is 8.00. The molecular formula is C19H18BrN3O2S. The van der Waals surface area contributed by atoms with E-state index in [2.05, 4.69) is 38.3 Å². The quantitative estimate of drug-likeness (QED) is 0.415. The molecule has 0 spiro atoms. The van der Waals surface area contributed by atoms with E-state index in [-0.39, 0.29) is 5.78 Å². The van der Waals surface area contributed by atoms with Gasteiger partial charge in [-0.25, -0.2) is 0 Å². The predicted molar refractivity (Wildman–Crippen MR) is 106 cm³/mol. The fraction of sp³-hybridized carbons (Fsp3) is 0.211. The van der Waals surface area contributed by atoms with Gasteiger partial charge in [0.2, 0.25) is 0 Å². The fourth-order valence-corrected chi connectivity index (χ4v) is 3.82. The molecule has 3 rings (SSSR count). The van der Waals surface area contributed by atoms with Crippen molar-refractivity contribution >= 4 is 33.5 Å². The fourth-order valence-electron chi connectivity index (χ4n) is 2.46. The summed E-state index contributed by atoms with van der Waals surface area (Å²) in [4.78, 5) is 12.4. The molecule has 3 aromatic rings. The zero-order chi connectivity index (χ0) is 18.5. The predicted octanol–water partition coefficient (Wildman–Crippen LogP) is 4.15. The lowest BCUT2D eigenvalue weighted by Gasteiger charge is -2.06. The van der Waals surface area contributed by atoms with Crippen molar-refractivity contribution < 1.29 is 9.53 Å². The minimum absolute atomic E-state index is 0.0333. The number of carbonyl (C=O) groups is 1. The molecule has 0 aliphatic rings. The molecule has 1 heterocycles. The zero-order valence-electron chi connectivity index (χ0n) is 14.5. The van der Waals surface area contributed by atoms with Crippen molar-refractivity contribution in [3.63, 3.8) is 0 Å². The second-order valence-electron chi connectivity index (χ2n) is 5.68.